The number of hydrogen-bond acceptors (Lipinski definition) is 2. The molecule has 2 heterocycles. The molecule has 0 amide bonds. The van der Waals surface area contributed by atoms with Gasteiger partial charge in [0.25, 0.3) is 0 Å². The van der Waals surface area contributed by atoms with E-state index in [4.69, 9.17) is 4.74 Å². The van der Waals surface area contributed by atoms with E-state index in [1.165, 1.54) is 12.1 Å². The average Bonchev–Trinajstić information content (AvgIpc) is 3.01. The zero-order valence-electron chi connectivity index (χ0n) is 16.3. The third kappa shape index (κ3) is 2.48. The third-order valence-corrected chi connectivity index (χ3v) is 6.39. The van der Waals surface area contributed by atoms with E-state index in [1.807, 2.05) is 24.5 Å². The number of phenolic OH excluding ortho intramolecular Hbond substituents is 1. The van der Waals surface area contributed by atoms with E-state index in [1.54, 1.807) is 12.1 Å². The van der Waals surface area contributed by atoms with E-state index in [-0.39, 0.29) is 11.7 Å². The molecule has 1 aliphatic carbocycles. The maximum absolute atomic E-state index is 14.1. The van der Waals surface area contributed by atoms with Gasteiger partial charge < -0.3 is 14.4 Å². The summed E-state index contributed by atoms with van der Waals surface area (Å²) in [7, 11) is 0. The molecule has 0 atom stereocenters. The number of nitrogens with zero attached hydrogens (tertiary/aromatic N) is 1. The number of rotatable bonds is 2. The number of alkyl halides is 1. The van der Waals surface area contributed by atoms with Crippen LogP contribution in [-0.4, -0.2) is 23.0 Å². The standard InChI is InChI=1S/C23H22F3NO2/c1-22(2)12-29-23(9-13(10-23)11-24)20-19-17(4-3-5-18(19)28)27(21(20)22)14-6-7-15(25)16(26)8-14/h3-8,13,28H,9-12H2,1-2H3. The second-order valence-electron chi connectivity index (χ2n) is 8.92. The van der Waals surface area contributed by atoms with Crippen molar-refractivity contribution in [1.82, 2.24) is 4.57 Å². The molecule has 1 fully saturated rings. The molecule has 0 bridgehead atoms. The topological polar surface area (TPSA) is 34.4 Å². The largest absolute Gasteiger partial charge is 0.507 e. The molecular formula is C23H22F3NO2. The van der Waals surface area contributed by atoms with E-state index >= 15 is 0 Å². The van der Waals surface area contributed by atoms with E-state index in [2.05, 4.69) is 0 Å². The molecule has 29 heavy (non-hydrogen) atoms. The van der Waals surface area contributed by atoms with Crippen LogP contribution < -0.4 is 0 Å². The van der Waals surface area contributed by atoms with Crippen molar-refractivity contribution in [3.8, 4) is 11.4 Å². The minimum atomic E-state index is -0.932. The second kappa shape index (κ2) is 6.02. The van der Waals surface area contributed by atoms with Crippen molar-refractivity contribution in [2.75, 3.05) is 13.3 Å². The zero-order chi connectivity index (χ0) is 20.6. The van der Waals surface area contributed by atoms with Gasteiger partial charge in [-0.05, 0) is 43.0 Å². The number of aromatic hydroxyl groups is 1. The number of aromatic nitrogens is 1. The molecule has 2 aromatic carbocycles. The minimum absolute atomic E-state index is 0.0726. The summed E-state index contributed by atoms with van der Waals surface area (Å²) >= 11 is 0. The number of hydrogen-bond donors (Lipinski definition) is 1. The maximum Gasteiger partial charge on any atom is 0.160 e. The molecule has 2 aliphatic rings. The monoisotopic (exact) mass is 401 g/mol. The van der Waals surface area contributed by atoms with Gasteiger partial charge in [0.1, 0.15) is 5.75 Å². The van der Waals surface area contributed by atoms with Crippen LogP contribution in [0, 0.1) is 17.6 Å². The number of halogens is 3. The van der Waals surface area contributed by atoms with Gasteiger partial charge in [-0.15, -0.1) is 0 Å². The summed E-state index contributed by atoms with van der Waals surface area (Å²) in [4.78, 5) is 0. The van der Waals surface area contributed by atoms with Crippen LogP contribution in [-0.2, 0) is 15.8 Å². The van der Waals surface area contributed by atoms with Crippen LogP contribution in [0.5, 0.6) is 5.75 Å². The molecule has 152 valence electrons. The Balaban J connectivity index is 1.88. The van der Waals surface area contributed by atoms with Crippen molar-refractivity contribution < 1.29 is 23.0 Å². The molecule has 1 aromatic heterocycles. The van der Waals surface area contributed by atoms with Crippen LogP contribution in [0.1, 0.15) is 37.9 Å². The van der Waals surface area contributed by atoms with Crippen molar-refractivity contribution in [2.45, 2.75) is 37.7 Å². The van der Waals surface area contributed by atoms with Crippen LogP contribution >= 0.6 is 0 Å². The molecule has 5 rings (SSSR count). The van der Waals surface area contributed by atoms with Gasteiger partial charge >= 0.3 is 0 Å². The highest BCUT2D eigenvalue weighted by Gasteiger charge is 2.55. The first kappa shape index (κ1) is 18.6. The fraction of sp³-hybridized carbons (Fsp3) is 0.391. The van der Waals surface area contributed by atoms with Gasteiger partial charge in [0.2, 0.25) is 0 Å². The Kier molecular flexibility index (Phi) is 3.85. The second-order valence-corrected chi connectivity index (χ2v) is 8.92. The van der Waals surface area contributed by atoms with Gasteiger partial charge in [-0.1, -0.05) is 19.9 Å². The Labute approximate surface area is 166 Å². The molecule has 1 N–H and O–H groups in total. The van der Waals surface area contributed by atoms with Gasteiger partial charge in [-0.25, -0.2) is 8.78 Å². The Morgan fingerprint density at radius 2 is 1.90 bits per heavy atom. The minimum Gasteiger partial charge on any atom is -0.507 e. The smallest absolute Gasteiger partial charge is 0.160 e. The number of fused-ring (bicyclic) bond motifs is 4. The van der Waals surface area contributed by atoms with Gasteiger partial charge in [0.05, 0.1) is 24.4 Å². The normalized spacial score (nSPS) is 25.2. The summed E-state index contributed by atoms with van der Waals surface area (Å²) in [5.74, 6) is -1.81. The van der Waals surface area contributed by atoms with E-state index in [9.17, 15) is 18.3 Å². The highest BCUT2D eigenvalue weighted by Crippen LogP contribution is 2.58. The Morgan fingerprint density at radius 1 is 1.14 bits per heavy atom. The van der Waals surface area contributed by atoms with Crippen molar-refractivity contribution >= 4 is 10.9 Å². The Morgan fingerprint density at radius 3 is 2.59 bits per heavy atom. The van der Waals surface area contributed by atoms with Crippen LogP contribution in [0.15, 0.2) is 36.4 Å². The SMILES string of the molecule is CC1(C)COC2(CC(CF)C2)c2c1n(-c1ccc(F)c(F)c1)c1cccc(O)c21. The lowest BCUT2D eigenvalue weighted by Gasteiger charge is -2.52. The highest BCUT2D eigenvalue weighted by atomic mass is 19.2. The lowest BCUT2D eigenvalue weighted by atomic mass is 9.63. The van der Waals surface area contributed by atoms with Crippen molar-refractivity contribution in [2.24, 2.45) is 5.92 Å². The van der Waals surface area contributed by atoms with E-state index < -0.39 is 29.3 Å². The summed E-state index contributed by atoms with van der Waals surface area (Å²) < 4.78 is 49.2. The number of ether oxygens (including phenoxy) is 1. The van der Waals surface area contributed by atoms with Gasteiger partial charge in [0.15, 0.2) is 11.6 Å². The highest BCUT2D eigenvalue weighted by molar-refractivity contribution is 5.94. The van der Waals surface area contributed by atoms with E-state index in [0.717, 1.165) is 17.3 Å². The van der Waals surface area contributed by atoms with Crippen molar-refractivity contribution in [3.63, 3.8) is 0 Å². The molecule has 1 spiro atoms. The lowest BCUT2D eigenvalue weighted by molar-refractivity contribution is -0.161. The number of phenols is 1. The summed E-state index contributed by atoms with van der Waals surface area (Å²) in [6, 6.07) is 9.00. The predicted octanol–water partition coefficient (Wildman–Crippen LogP) is 5.50. The van der Waals surface area contributed by atoms with Crippen molar-refractivity contribution in [1.29, 1.82) is 0 Å². The zero-order valence-corrected chi connectivity index (χ0v) is 16.3. The maximum atomic E-state index is 14.1. The summed E-state index contributed by atoms with van der Waals surface area (Å²) in [6.45, 7) is 4.06. The van der Waals surface area contributed by atoms with Crippen LogP contribution in [0.25, 0.3) is 16.6 Å². The summed E-state index contributed by atoms with van der Waals surface area (Å²) in [5, 5.41) is 11.4. The van der Waals surface area contributed by atoms with Crippen LogP contribution in [0.2, 0.25) is 0 Å². The summed E-state index contributed by atoms with van der Waals surface area (Å²) in [6.07, 6.45) is 1.08. The first-order chi connectivity index (χ1) is 13.8. The fourth-order valence-corrected chi connectivity index (χ4v) is 5.06. The molecule has 0 unspecified atom stereocenters. The Bertz CT molecular complexity index is 1130. The van der Waals surface area contributed by atoms with Crippen LogP contribution in [0.4, 0.5) is 13.2 Å². The molecule has 6 heteroatoms. The van der Waals surface area contributed by atoms with Crippen molar-refractivity contribution in [3.05, 3.63) is 59.3 Å². The van der Waals surface area contributed by atoms with Gasteiger partial charge in [0, 0.05) is 33.8 Å². The summed E-state index contributed by atoms with van der Waals surface area (Å²) in [5.41, 5.74) is 1.80. The quantitative estimate of drug-likeness (QED) is 0.616. The number of benzene rings is 2. The average molecular weight is 401 g/mol. The Hall–Kier alpha value is -2.47. The lowest BCUT2D eigenvalue weighted by Crippen LogP contribution is -2.51. The van der Waals surface area contributed by atoms with Gasteiger partial charge in [-0.3, -0.25) is 4.39 Å². The predicted molar refractivity (Wildman–Crippen MR) is 104 cm³/mol. The first-order valence-electron chi connectivity index (χ1n) is 9.80. The first-order valence-corrected chi connectivity index (χ1v) is 9.80. The molecule has 0 radical (unpaired) electrons. The van der Waals surface area contributed by atoms with Gasteiger partial charge in [-0.2, -0.15) is 0 Å². The molecule has 0 saturated heterocycles. The fourth-order valence-electron chi connectivity index (χ4n) is 5.06. The van der Waals surface area contributed by atoms with E-state index in [0.29, 0.717) is 36.0 Å². The molecule has 3 nitrogen and oxygen atoms in total. The third-order valence-electron chi connectivity index (χ3n) is 6.39. The van der Waals surface area contributed by atoms with Crippen LogP contribution in [0.3, 0.4) is 0 Å². The molecule has 1 saturated carbocycles. The molecule has 1 aliphatic heterocycles. The molecule has 3 aromatic rings. The molecular weight excluding hydrogens is 379 g/mol.